The van der Waals surface area contributed by atoms with Crippen LogP contribution in [-0.4, -0.2) is 54.6 Å². The first-order valence-electron chi connectivity index (χ1n) is 13.8. The zero-order valence-corrected chi connectivity index (χ0v) is 25.0. The van der Waals surface area contributed by atoms with Gasteiger partial charge in [-0.3, -0.25) is 14.4 Å². The van der Waals surface area contributed by atoms with Gasteiger partial charge in [-0.05, 0) is 54.6 Å². The van der Waals surface area contributed by atoms with Crippen molar-refractivity contribution < 1.29 is 23.9 Å². The summed E-state index contributed by atoms with van der Waals surface area (Å²) in [6.45, 7) is 0.816. The standard InChI is InChI=1S/C17H14ClNO3.C17H14ClNO2/c1-19-10-14(20)16(17(19)21)13-9-11(18)7-8-15(13)22-12-5-3-2-4-6-12;1-19-9-13-11-4-2-3-5-14(11)21-15-7-6-10(18)8-12(15)16(13)17(19)20/h2-9,16H,10H2,1H3;2-8,13,16H,9H2,1H3. The number of rotatable bonds is 3. The number of likely N-dealkylation sites (tertiary alicyclic amines) is 2. The van der Waals surface area contributed by atoms with E-state index in [0.29, 0.717) is 33.7 Å². The van der Waals surface area contributed by atoms with Crippen LogP contribution >= 0.6 is 23.2 Å². The first-order valence-corrected chi connectivity index (χ1v) is 14.6. The highest BCUT2D eigenvalue weighted by Gasteiger charge is 2.44. The van der Waals surface area contributed by atoms with E-state index < -0.39 is 5.92 Å². The van der Waals surface area contributed by atoms with Crippen molar-refractivity contribution >= 4 is 40.8 Å². The third-order valence-corrected chi connectivity index (χ3v) is 8.42. The second-order valence-electron chi connectivity index (χ2n) is 10.8. The first-order chi connectivity index (χ1) is 20.7. The van der Waals surface area contributed by atoms with Crippen molar-refractivity contribution in [3.8, 4) is 23.0 Å². The van der Waals surface area contributed by atoms with E-state index in [4.69, 9.17) is 32.7 Å². The normalized spacial score (nSPS) is 20.4. The van der Waals surface area contributed by atoms with Crippen molar-refractivity contribution in [1.82, 2.24) is 9.80 Å². The molecule has 9 heteroatoms. The Bertz CT molecular complexity index is 1730. The van der Waals surface area contributed by atoms with Gasteiger partial charge in [-0.25, -0.2) is 0 Å². The van der Waals surface area contributed by atoms with E-state index in [1.54, 1.807) is 36.2 Å². The number of amides is 2. The molecule has 43 heavy (non-hydrogen) atoms. The molecule has 7 rings (SSSR count). The molecule has 3 unspecified atom stereocenters. The monoisotopic (exact) mass is 614 g/mol. The highest BCUT2D eigenvalue weighted by atomic mass is 35.5. The van der Waals surface area contributed by atoms with E-state index in [1.165, 1.54) is 4.90 Å². The van der Waals surface area contributed by atoms with Crippen LogP contribution in [0.3, 0.4) is 0 Å². The molecule has 3 atom stereocenters. The number of carbonyl (C=O) groups excluding carboxylic acids is 3. The van der Waals surface area contributed by atoms with Gasteiger partial charge in [0.25, 0.3) is 0 Å². The molecule has 0 radical (unpaired) electrons. The van der Waals surface area contributed by atoms with Crippen LogP contribution in [0.2, 0.25) is 10.0 Å². The zero-order valence-electron chi connectivity index (χ0n) is 23.5. The van der Waals surface area contributed by atoms with Crippen LogP contribution in [0.1, 0.15) is 34.4 Å². The molecule has 0 saturated carbocycles. The molecule has 3 heterocycles. The van der Waals surface area contributed by atoms with Gasteiger partial charge in [0.2, 0.25) is 11.8 Å². The third kappa shape index (κ3) is 5.58. The largest absolute Gasteiger partial charge is 0.457 e. The van der Waals surface area contributed by atoms with Gasteiger partial charge in [0.15, 0.2) is 5.78 Å². The molecule has 4 aromatic rings. The Morgan fingerprint density at radius 2 is 1.37 bits per heavy atom. The Morgan fingerprint density at radius 3 is 2.09 bits per heavy atom. The summed E-state index contributed by atoms with van der Waals surface area (Å²) in [4.78, 5) is 40.2. The van der Waals surface area contributed by atoms with Crippen LogP contribution < -0.4 is 9.47 Å². The topological polar surface area (TPSA) is 76.2 Å². The second kappa shape index (κ2) is 11.7. The highest BCUT2D eigenvalue weighted by Crippen LogP contribution is 2.50. The molecular formula is C34H28Cl2N2O5. The van der Waals surface area contributed by atoms with Crippen molar-refractivity contribution in [2.45, 2.75) is 17.8 Å². The van der Waals surface area contributed by atoms with Crippen LogP contribution in [0.15, 0.2) is 91.0 Å². The van der Waals surface area contributed by atoms with E-state index in [2.05, 4.69) is 0 Å². The molecule has 0 spiro atoms. The van der Waals surface area contributed by atoms with Gasteiger partial charge in [0.05, 0.1) is 12.5 Å². The van der Waals surface area contributed by atoms with Gasteiger partial charge in [0.1, 0.15) is 28.9 Å². The molecule has 0 aliphatic carbocycles. The molecule has 2 amide bonds. The van der Waals surface area contributed by atoms with Crippen LogP contribution in [0.25, 0.3) is 0 Å². The number of benzene rings is 4. The molecule has 2 fully saturated rings. The van der Waals surface area contributed by atoms with E-state index in [0.717, 1.165) is 22.6 Å². The number of ether oxygens (including phenoxy) is 2. The summed E-state index contributed by atoms with van der Waals surface area (Å²) in [5, 5.41) is 1.09. The average Bonchev–Trinajstić information content (AvgIpc) is 3.38. The predicted octanol–water partition coefficient (Wildman–Crippen LogP) is 7.04. The van der Waals surface area contributed by atoms with Gasteiger partial charge in [-0.15, -0.1) is 0 Å². The van der Waals surface area contributed by atoms with Crippen LogP contribution in [0.4, 0.5) is 0 Å². The summed E-state index contributed by atoms with van der Waals surface area (Å²) in [7, 11) is 3.47. The quantitative estimate of drug-likeness (QED) is 0.231. The number of carbonyl (C=O) groups is 3. The molecule has 3 aliphatic rings. The molecule has 0 bridgehead atoms. The minimum atomic E-state index is -0.845. The number of fused-ring (bicyclic) bond motifs is 5. The Morgan fingerprint density at radius 1 is 0.721 bits per heavy atom. The summed E-state index contributed by atoms with van der Waals surface area (Å²) < 4.78 is 11.9. The summed E-state index contributed by atoms with van der Waals surface area (Å²) in [5.41, 5.74) is 2.49. The number of hydrogen-bond donors (Lipinski definition) is 0. The lowest BCUT2D eigenvalue weighted by Crippen LogP contribution is -2.21. The fraction of sp³-hybridized carbons (Fsp3) is 0.206. The number of likely N-dealkylation sites (N-methyl/N-ethyl adjacent to an activating group) is 2. The fourth-order valence-electron chi connectivity index (χ4n) is 5.90. The number of para-hydroxylation sites is 2. The van der Waals surface area contributed by atoms with Gasteiger partial charge >= 0.3 is 0 Å². The number of nitrogens with zero attached hydrogens (tertiary/aromatic N) is 2. The smallest absolute Gasteiger partial charge is 0.238 e. The number of hydrogen-bond acceptors (Lipinski definition) is 5. The van der Waals surface area contributed by atoms with E-state index >= 15 is 0 Å². The van der Waals surface area contributed by atoms with E-state index in [-0.39, 0.29) is 36.0 Å². The summed E-state index contributed by atoms with van der Waals surface area (Å²) >= 11 is 12.2. The Balaban J connectivity index is 0.000000153. The molecule has 3 aliphatic heterocycles. The molecule has 4 aromatic carbocycles. The summed E-state index contributed by atoms with van der Waals surface area (Å²) in [6.07, 6.45) is 0. The van der Waals surface area contributed by atoms with Crippen LogP contribution in [0, 0.1) is 0 Å². The van der Waals surface area contributed by atoms with E-state index in [1.807, 2.05) is 73.8 Å². The van der Waals surface area contributed by atoms with E-state index in [9.17, 15) is 14.4 Å². The average molecular weight is 616 g/mol. The van der Waals surface area contributed by atoms with Crippen LogP contribution in [-0.2, 0) is 14.4 Å². The van der Waals surface area contributed by atoms with Gasteiger partial charge in [-0.1, -0.05) is 59.6 Å². The number of Topliss-reactive ketones (excluding diaryl/α,β-unsaturated/α-hetero) is 1. The maximum Gasteiger partial charge on any atom is 0.238 e. The van der Waals surface area contributed by atoms with Gasteiger partial charge in [0, 0.05) is 53.3 Å². The maximum absolute atomic E-state index is 12.6. The van der Waals surface area contributed by atoms with Gasteiger partial charge < -0.3 is 19.3 Å². The Kier molecular flexibility index (Phi) is 7.86. The summed E-state index contributed by atoms with van der Waals surface area (Å²) in [5.74, 6) is 1.46. The molecule has 0 N–H and O–H groups in total. The molecule has 0 aromatic heterocycles. The SMILES string of the molecule is CN1CC(=O)C(c2cc(Cl)ccc2Oc2ccccc2)C1=O.CN1CC2c3ccccc3Oc3ccc(Cl)cc3C2C1=O. The zero-order chi connectivity index (χ0) is 30.2. The minimum Gasteiger partial charge on any atom is -0.457 e. The lowest BCUT2D eigenvalue weighted by Gasteiger charge is -2.15. The lowest BCUT2D eigenvalue weighted by atomic mass is 9.84. The predicted molar refractivity (Wildman–Crippen MR) is 164 cm³/mol. The Labute approximate surface area is 259 Å². The molecule has 218 valence electrons. The van der Waals surface area contributed by atoms with Gasteiger partial charge in [-0.2, -0.15) is 0 Å². The maximum atomic E-state index is 12.6. The van der Waals surface area contributed by atoms with Crippen molar-refractivity contribution in [2.24, 2.45) is 0 Å². The fourth-order valence-corrected chi connectivity index (χ4v) is 6.26. The number of ketones is 1. The van der Waals surface area contributed by atoms with Crippen molar-refractivity contribution in [1.29, 1.82) is 0 Å². The summed E-state index contributed by atoms with van der Waals surface area (Å²) in [6, 6.07) is 27.6. The third-order valence-electron chi connectivity index (χ3n) is 7.95. The Hall–Kier alpha value is -4.33. The van der Waals surface area contributed by atoms with Crippen molar-refractivity contribution in [2.75, 3.05) is 27.2 Å². The minimum absolute atomic E-state index is 0.110. The van der Waals surface area contributed by atoms with Crippen molar-refractivity contribution in [3.63, 3.8) is 0 Å². The molecule has 2 saturated heterocycles. The number of halogens is 2. The molecular weight excluding hydrogens is 587 g/mol. The van der Waals surface area contributed by atoms with Crippen LogP contribution in [0.5, 0.6) is 23.0 Å². The lowest BCUT2D eigenvalue weighted by molar-refractivity contribution is -0.129. The molecule has 7 nitrogen and oxygen atoms in total. The highest BCUT2D eigenvalue weighted by molar-refractivity contribution is 6.31. The van der Waals surface area contributed by atoms with Crippen molar-refractivity contribution in [3.05, 3.63) is 118 Å². The first kappa shape index (κ1) is 28.8. The second-order valence-corrected chi connectivity index (χ2v) is 11.7.